The van der Waals surface area contributed by atoms with Gasteiger partial charge in [-0.15, -0.1) is 24.0 Å². The fraction of sp³-hybridized carbons (Fsp3) is 0.381. The zero-order chi connectivity index (χ0) is 19.2. The van der Waals surface area contributed by atoms with Gasteiger partial charge in [0.15, 0.2) is 17.5 Å². The maximum atomic E-state index is 6.06. The van der Waals surface area contributed by atoms with Gasteiger partial charge in [-0.25, -0.2) is 0 Å². The van der Waals surface area contributed by atoms with Gasteiger partial charge in [0, 0.05) is 11.1 Å². The second kappa shape index (κ2) is 10.4. The second-order valence-electron chi connectivity index (χ2n) is 6.83. The summed E-state index contributed by atoms with van der Waals surface area (Å²) < 4.78 is 10.7. The van der Waals surface area contributed by atoms with Crippen LogP contribution in [0.3, 0.4) is 0 Å². The molecule has 0 aliphatic carbocycles. The van der Waals surface area contributed by atoms with E-state index < -0.39 is 0 Å². The summed E-state index contributed by atoms with van der Waals surface area (Å²) in [7, 11) is 3.27. The molecule has 2 aromatic carbocycles. The molecule has 5 nitrogen and oxygen atoms in total. The number of aryl methyl sites for hydroxylation is 1. The van der Waals surface area contributed by atoms with E-state index in [1.54, 1.807) is 14.2 Å². The molecule has 27 heavy (non-hydrogen) atoms. The van der Waals surface area contributed by atoms with Crippen molar-refractivity contribution < 1.29 is 9.47 Å². The van der Waals surface area contributed by atoms with E-state index in [9.17, 15) is 0 Å². The van der Waals surface area contributed by atoms with Crippen molar-refractivity contribution in [3.8, 4) is 11.5 Å². The predicted molar refractivity (Wildman–Crippen MR) is 124 cm³/mol. The Hall–Kier alpha value is -1.96. The molecule has 2 aromatic rings. The Morgan fingerprint density at radius 3 is 2.22 bits per heavy atom. The highest BCUT2D eigenvalue weighted by Gasteiger charge is 2.22. The number of nitrogens with zero attached hydrogens (tertiary/aromatic N) is 1. The molecule has 148 valence electrons. The van der Waals surface area contributed by atoms with E-state index >= 15 is 0 Å². The van der Waals surface area contributed by atoms with Crippen LogP contribution in [-0.4, -0.2) is 26.7 Å². The molecule has 0 saturated carbocycles. The van der Waals surface area contributed by atoms with Crippen LogP contribution < -0.4 is 20.5 Å². The smallest absolute Gasteiger partial charge is 0.193 e. The first kappa shape index (κ1) is 23.1. The highest BCUT2D eigenvalue weighted by atomic mass is 127. The minimum atomic E-state index is -0.197. The molecule has 0 fully saturated rings. The first-order chi connectivity index (χ1) is 12.4. The lowest BCUT2D eigenvalue weighted by Crippen LogP contribution is -2.27. The monoisotopic (exact) mass is 483 g/mol. The minimum Gasteiger partial charge on any atom is -0.493 e. The Morgan fingerprint density at radius 1 is 1.04 bits per heavy atom. The van der Waals surface area contributed by atoms with Crippen molar-refractivity contribution in [1.82, 2.24) is 0 Å². The maximum absolute atomic E-state index is 6.06. The summed E-state index contributed by atoms with van der Waals surface area (Å²) in [6, 6.07) is 14.1. The molecule has 0 spiro atoms. The number of aliphatic imine (C=N–C) groups is 1. The lowest BCUT2D eigenvalue weighted by molar-refractivity contribution is 0.353. The molecule has 0 radical (unpaired) electrons. The summed E-state index contributed by atoms with van der Waals surface area (Å²) in [6.45, 7) is 6.94. The number of guanidine groups is 1. The van der Waals surface area contributed by atoms with Crippen LogP contribution in [0.25, 0.3) is 0 Å². The number of ether oxygens (including phenoxy) is 2. The van der Waals surface area contributed by atoms with Gasteiger partial charge in [-0.1, -0.05) is 39.0 Å². The summed E-state index contributed by atoms with van der Waals surface area (Å²) in [5, 5.41) is 3.14. The van der Waals surface area contributed by atoms with Gasteiger partial charge in [-0.05, 0) is 41.8 Å². The summed E-state index contributed by atoms with van der Waals surface area (Å²) in [5.41, 5.74) is 9.20. The third-order valence-corrected chi connectivity index (χ3v) is 4.44. The Labute approximate surface area is 179 Å². The van der Waals surface area contributed by atoms with Gasteiger partial charge in [0.05, 0.1) is 20.8 Å². The molecular formula is C21H30IN3O2. The first-order valence-electron chi connectivity index (χ1n) is 8.78. The van der Waals surface area contributed by atoms with Gasteiger partial charge in [-0.2, -0.15) is 0 Å². The number of hydrogen-bond acceptors (Lipinski definition) is 3. The van der Waals surface area contributed by atoms with Crippen LogP contribution in [0.15, 0.2) is 47.5 Å². The van der Waals surface area contributed by atoms with Crippen LogP contribution in [0.2, 0.25) is 0 Å². The van der Waals surface area contributed by atoms with Crippen molar-refractivity contribution in [3.05, 3.63) is 53.6 Å². The molecule has 0 aliphatic rings. The van der Waals surface area contributed by atoms with Gasteiger partial charge >= 0.3 is 0 Å². The molecule has 0 heterocycles. The molecule has 0 unspecified atom stereocenters. The third kappa shape index (κ3) is 6.30. The highest BCUT2D eigenvalue weighted by Crippen LogP contribution is 2.33. The van der Waals surface area contributed by atoms with E-state index in [1.807, 2.05) is 30.3 Å². The van der Waals surface area contributed by atoms with E-state index in [2.05, 4.69) is 43.2 Å². The van der Waals surface area contributed by atoms with Crippen LogP contribution in [0.5, 0.6) is 11.5 Å². The van der Waals surface area contributed by atoms with Crippen LogP contribution in [0, 0.1) is 0 Å². The maximum Gasteiger partial charge on any atom is 0.193 e. The van der Waals surface area contributed by atoms with Crippen LogP contribution in [0.4, 0.5) is 5.69 Å². The zero-order valence-electron chi connectivity index (χ0n) is 16.7. The lowest BCUT2D eigenvalue weighted by atomic mass is 9.84. The van der Waals surface area contributed by atoms with Crippen LogP contribution in [-0.2, 0) is 11.8 Å². The normalized spacial score (nSPS) is 11.5. The standard InChI is InChI=1S/C21H29N3O2.HI/c1-6-15-7-10-17(11-8-15)24-20(22)23-14-21(2,3)16-9-12-18(25-4)19(13-16)26-5;/h7-13H,6,14H2,1-5H3,(H3,22,23,24);1H. The number of benzene rings is 2. The molecular weight excluding hydrogens is 453 g/mol. The molecule has 0 saturated heterocycles. The quantitative estimate of drug-likeness (QED) is 0.344. The molecule has 6 heteroatoms. The van der Waals surface area contributed by atoms with Crippen molar-refractivity contribution in [2.45, 2.75) is 32.6 Å². The second-order valence-corrected chi connectivity index (χ2v) is 6.83. The summed E-state index contributed by atoms with van der Waals surface area (Å²) in [6.07, 6.45) is 1.02. The van der Waals surface area contributed by atoms with Crippen molar-refractivity contribution in [2.24, 2.45) is 10.7 Å². The van der Waals surface area contributed by atoms with Gasteiger partial charge < -0.3 is 20.5 Å². The van der Waals surface area contributed by atoms with E-state index in [4.69, 9.17) is 15.2 Å². The van der Waals surface area contributed by atoms with Crippen molar-refractivity contribution >= 4 is 35.6 Å². The molecule has 0 atom stereocenters. The van der Waals surface area contributed by atoms with Crippen molar-refractivity contribution in [1.29, 1.82) is 0 Å². The number of nitrogens with one attached hydrogen (secondary N) is 1. The minimum absolute atomic E-state index is 0. The highest BCUT2D eigenvalue weighted by molar-refractivity contribution is 14.0. The predicted octanol–water partition coefficient (Wildman–Crippen LogP) is 4.59. The van der Waals surface area contributed by atoms with Crippen molar-refractivity contribution in [3.63, 3.8) is 0 Å². The summed E-state index contributed by atoms with van der Waals surface area (Å²) in [5.74, 6) is 1.83. The van der Waals surface area contributed by atoms with E-state index in [0.717, 1.165) is 17.7 Å². The van der Waals surface area contributed by atoms with Crippen LogP contribution >= 0.6 is 24.0 Å². The Morgan fingerprint density at radius 2 is 1.67 bits per heavy atom. The lowest BCUT2D eigenvalue weighted by Gasteiger charge is -2.24. The molecule has 0 aliphatic heterocycles. The average Bonchev–Trinajstić information content (AvgIpc) is 2.66. The molecule has 2 rings (SSSR count). The summed E-state index contributed by atoms with van der Waals surface area (Å²) in [4.78, 5) is 4.52. The topological polar surface area (TPSA) is 68.9 Å². The van der Waals surface area contributed by atoms with Gasteiger partial charge in [0.25, 0.3) is 0 Å². The fourth-order valence-corrected chi connectivity index (χ4v) is 2.64. The number of methoxy groups -OCH3 is 2. The average molecular weight is 483 g/mol. The Balaban J connectivity index is 0.00000364. The largest absolute Gasteiger partial charge is 0.493 e. The zero-order valence-corrected chi connectivity index (χ0v) is 19.0. The van der Waals surface area contributed by atoms with Crippen LogP contribution in [0.1, 0.15) is 31.9 Å². The summed E-state index contributed by atoms with van der Waals surface area (Å²) >= 11 is 0. The number of hydrogen-bond donors (Lipinski definition) is 2. The Bertz CT molecular complexity index is 759. The first-order valence-corrected chi connectivity index (χ1v) is 8.78. The molecule has 0 amide bonds. The van der Waals surface area contributed by atoms with E-state index in [1.165, 1.54) is 5.56 Å². The van der Waals surface area contributed by atoms with Gasteiger partial charge in [0.1, 0.15) is 0 Å². The molecule has 0 bridgehead atoms. The number of anilines is 1. The van der Waals surface area contributed by atoms with Gasteiger partial charge in [-0.3, -0.25) is 4.99 Å². The Kier molecular flexibility index (Phi) is 8.88. The third-order valence-electron chi connectivity index (χ3n) is 4.44. The number of rotatable bonds is 7. The van der Waals surface area contributed by atoms with Gasteiger partial charge in [0.2, 0.25) is 0 Å². The van der Waals surface area contributed by atoms with E-state index in [0.29, 0.717) is 24.0 Å². The molecule has 0 aromatic heterocycles. The molecule has 3 N–H and O–H groups in total. The number of halogens is 1. The van der Waals surface area contributed by atoms with Crippen molar-refractivity contribution in [2.75, 3.05) is 26.1 Å². The number of nitrogens with two attached hydrogens (primary N) is 1. The van der Waals surface area contributed by atoms with E-state index in [-0.39, 0.29) is 29.4 Å². The SMILES string of the molecule is CCc1ccc(NC(N)=NCC(C)(C)c2ccc(OC)c(OC)c2)cc1.I. The fourth-order valence-electron chi connectivity index (χ4n) is 2.64.